The fraction of sp³-hybridized carbons (Fsp3) is 0.500. The Balaban J connectivity index is 2.46. The minimum absolute atomic E-state index is 0.0252. The second-order valence-electron chi connectivity index (χ2n) is 4.72. The number of hydrogen-bond donors (Lipinski definition) is 3. The number of sulfonamides is 1. The second-order valence-corrected chi connectivity index (χ2v) is 7.25. The van der Waals surface area contributed by atoms with Crippen LogP contribution in [0.25, 0.3) is 0 Å². The van der Waals surface area contributed by atoms with Gasteiger partial charge in [-0.3, -0.25) is 4.99 Å². The summed E-state index contributed by atoms with van der Waals surface area (Å²) < 4.78 is 25.1. The highest BCUT2D eigenvalue weighted by Gasteiger charge is 2.09. The van der Waals surface area contributed by atoms with E-state index in [0.717, 1.165) is 5.56 Å². The highest BCUT2D eigenvalue weighted by Crippen LogP contribution is 2.16. The summed E-state index contributed by atoms with van der Waals surface area (Å²) in [5.74, 6) is 0.675. The average Bonchev–Trinajstić information content (AvgIpc) is 2.50. The Morgan fingerprint density at radius 1 is 1.36 bits per heavy atom. The van der Waals surface area contributed by atoms with Crippen LogP contribution in [0.1, 0.15) is 25.5 Å². The van der Waals surface area contributed by atoms with Crippen LogP contribution in [-0.4, -0.2) is 40.3 Å². The molecule has 0 radical (unpaired) electrons. The number of nitrogens with one attached hydrogen (secondary N) is 3. The maximum absolute atomic E-state index is 11.3. The SMILES string of the molecule is CCS(=O)(=O)NCCNC(=NC)N[C@H](C)c1cccc(Cl)c1. The van der Waals surface area contributed by atoms with Gasteiger partial charge >= 0.3 is 0 Å². The summed E-state index contributed by atoms with van der Waals surface area (Å²) in [5.41, 5.74) is 1.04. The lowest BCUT2D eigenvalue weighted by Gasteiger charge is -2.18. The summed E-state index contributed by atoms with van der Waals surface area (Å²) in [6.45, 7) is 4.35. The Hall–Kier alpha value is -1.31. The number of guanidine groups is 1. The van der Waals surface area contributed by atoms with Gasteiger partial charge in [-0.25, -0.2) is 13.1 Å². The van der Waals surface area contributed by atoms with Crippen LogP contribution >= 0.6 is 11.6 Å². The molecule has 0 fully saturated rings. The van der Waals surface area contributed by atoms with Crippen molar-refractivity contribution in [2.45, 2.75) is 19.9 Å². The third-order valence-electron chi connectivity index (χ3n) is 3.04. The quantitative estimate of drug-likeness (QED) is 0.397. The minimum Gasteiger partial charge on any atom is -0.355 e. The van der Waals surface area contributed by atoms with Crippen molar-refractivity contribution in [1.82, 2.24) is 15.4 Å². The van der Waals surface area contributed by atoms with Crippen molar-refractivity contribution in [3.05, 3.63) is 34.9 Å². The Bertz CT molecular complexity index is 605. The highest BCUT2D eigenvalue weighted by molar-refractivity contribution is 7.89. The highest BCUT2D eigenvalue weighted by atomic mass is 35.5. The summed E-state index contributed by atoms with van der Waals surface area (Å²) in [6.07, 6.45) is 0. The standard InChI is InChI=1S/C14H23ClN4O2S/c1-4-22(20,21)18-9-8-17-14(16-3)19-11(2)12-6-5-7-13(15)10-12/h5-7,10-11,18H,4,8-9H2,1-3H3,(H2,16,17,19)/t11-/m1/s1. The molecule has 0 unspecified atom stereocenters. The van der Waals surface area contributed by atoms with E-state index in [9.17, 15) is 8.42 Å². The first-order valence-electron chi connectivity index (χ1n) is 7.08. The van der Waals surface area contributed by atoms with E-state index in [4.69, 9.17) is 11.6 Å². The molecule has 1 aromatic rings. The molecule has 0 bridgehead atoms. The van der Waals surface area contributed by atoms with Crippen molar-refractivity contribution in [3.8, 4) is 0 Å². The van der Waals surface area contributed by atoms with Crippen LogP contribution in [-0.2, 0) is 10.0 Å². The lowest BCUT2D eigenvalue weighted by Crippen LogP contribution is -2.42. The molecule has 1 aromatic carbocycles. The molecule has 0 amide bonds. The molecule has 0 aromatic heterocycles. The van der Waals surface area contributed by atoms with Crippen molar-refractivity contribution in [3.63, 3.8) is 0 Å². The Morgan fingerprint density at radius 2 is 2.09 bits per heavy atom. The largest absolute Gasteiger partial charge is 0.355 e. The first-order valence-corrected chi connectivity index (χ1v) is 9.11. The van der Waals surface area contributed by atoms with Gasteiger partial charge < -0.3 is 10.6 Å². The van der Waals surface area contributed by atoms with E-state index in [2.05, 4.69) is 20.3 Å². The number of benzene rings is 1. The van der Waals surface area contributed by atoms with Crippen LogP contribution in [0, 0.1) is 0 Å². The summed E-state index contributed by atoms with van der Waals surface area (Å²) in [4.78, 5) is 4.11. The number of halogens is 1. The van der Waals surface area contributed by atoms with Crippen LogP contribution < -0.4 is 15.4 Å². The monoisotopic (exact) mass is 346 g/mol. The Kier molecular flexibility index (Phi) is 7.64. The topological polar surface area (TPSA) is 82.6 Å². The molecule has 0 saturated heterocycles. The minimum atomic E-state index is -3.16. The van der Waals surface area contributed by atoms with Crippen molar-refractivity contribution in [2.24, 2.45) is 4.99 Å². The van der Waals surface area contributed by atoms with Gasteiger partial charge in [0.25, 0.3) is 0 Å². The molecule has 124 valence electrons. The molecule has 0 aliphatic rings. The van der Waals surface area contributed by atoms with Crippen molar-refractivity contribution >= 4 is 27.6 Å². The number of aliphatic imine (C=N–C) groups is 1. The first kappa shape index (κ1) is 18.7. The number of rotatable bonds is 7. The molecule has 0 aliphatic heterocycles. The van der Waals surface area contributed by atoms with Gasteiger partial charge in [0.1, 0.15) is 0 Å². The molecule has 1 atom stereocenters. The zero-order chi connectivity index (χ0) is 16.6. The molecule has 6 nitrogen and oxygen atoms in total. The maximum atomic E-state index is 11.3. The Labute approximate surface area is 137 Å². The van der Waals surface area contributed by atoms with E-state index in [0.29, 0.717) is 24.1 Å². The van der Waals surface area contributed by atoms with Crippen LogP contribution in [0.5, 0.6) is 0 Å². The van der Waals surface area contributed by atoms with Gasteiger partial charge in [-0.05, 0) is 31.5 Å². The smallest absolute Gasteiger partial charge is 0.211 e. The molecule has 0 heterocycles. The van der Waals surface area contributed by atoms with Gasteiger partial charge in [-0.2, -0.15) is 0 Å². The molecule has 1 rings (SSSR count). The molecule has 0 aliphatic carbocycles. The van der Waals surface area contributed by atoms with Crippen LogP contribution in [0.3, 0.4) is 0 Å². The fourth-order valence-corrected chi connectivity index (χ4v) is 2.56. The van der Waals surface area contributed by atoms with E-state index in [1.54, 1.807) is 14.0 Å². The van der Waals surface area contributed by atoms with Gasteiger partial charge in [0.15, 0.2) is 5.96 Å². The third kappa shape index (κ3) is 6.64. The van der Waals surface area contributed by atoms with Gasteiger partial charge in [0, 0.05) is 25.2 Å². The van der Waals surface area contributed by atoms with Gasteiger partial charge in [-0.1, -0.05) is 23.7 Å². The zero-order valence-electron chi connectivity index (χ0n) is 13.1. The van der Waals surface area contributed by atoms with Gasteiger partial charge in [0.2, 0.25) is 10.0 Å². The summed E-state index contributed by atoms with van der Waals surface area (Å²) in [7, 11) is -1.50. The van der Waals surface area contributed by atoms with E-state index in [1.165, 1.54) is 0 Å². The summed E-state index contributed by atoms with van der Waals surface area (Å²) >= 11 is 5.98. The van der Waals surface area contributed by atoms with E-state index >= 15 is 0 Å². The molecular formula is C14H23ClN4O2S. The lowest BCUT2D eigenvalue weighted by molar-refractivity contribution is 0.581. The molecule has 22 heavy (non-hydrogen) atoms. The molecule has 0 spiro atoms. The zero-order valence-corrected chi connectivity index (χ0v) is 14.6. The second kappa shape index (κ2) is 8.97. The van der Waals surface area contributed by atoms with E-state index in [1.807, 2.05) is 31.2 Å². The molecule has 3 N–H and O–H groups in total. The third-order valence-corrected chi connectivity index (χ3v) is 4.68. The predicted octanol–water partition coefficient (Wildman–Crippen LogP) is 1.51. The van der Waals surface area contributed by atoms with Crippen molar-refractivity contribution in [2.75, 3.05) is 25.9 Å². The number of nitrogens with zero attached hydrogens (tertiary/aromatic N) is 1. The fourth-order valence-electron chi connectivity index (χ4n) is 1.75. The lowest BCUT2D eigenvalue weighted by atomic mass is 10.1. The van der Waals surface area contributed by atoms with E-state index < -0.39 is 10.0 Å². The van der Waals surface area contributed by atoms with Crippen LogP contribution in [0.2, 0.25) is 5.02 Å². The molecular weight excluding hydrogens is 324 g/mol. The Morgan fingerprint density at radius 3 is 2.68 bits per heavy atom. The predicted molar refractivity (Wildman–Crippen MR) is 91.8 cm³/mol. The van der Waals surface area contributed by atoms with Crippen LogP contribution in [0.15, 0.2) is 29.3 Å². The van der Waals surface area contributed by atoms with Gasteiger partial charge in [-0.15, -0.1) is 0 Å². The van der Waals surface area contributed by atoms with E-state index in [-0.39, 0.29) is 11.8 Å². The normalized spacial score (nSPS) is 13.7. The molecule has 0 saturated carbocycles. The van der Waals surface area contributed by atoms with Crippen molar-refractivity contribution in [1.29, 1.82) is 0 Å². The summed E-state index contributed by atoms with van der Waals surface area (Å²) in [5, 5.41) is 6.97. The maximum Gasteiger partial charge on any atom is 0.211 e. The average molecular weight is 347 g/mol. The molecule has 8 heteroatoms. The number of hydrogen-bond acceptors (Lipinski definition) is 3. The van der Waals surface area contributed by atoms with Crippen LogP contribution in [0.4, 0.5) is 0 Å². The van der Waals surface area contributed by atoms with Gasteiger partial charge in [0.05, 0.1) is 11.8 Å². The summed E-state index contributed by atoms with van der Waals surface area (Å²) in [6, 6.07) is 7.61. The van der Waals surface area contributed by atoms with Crippen molar-refractivity contribution < 1.29 is 8.42 Å². The first-order chi connectivity index (χ1) is 10.4.